The van der Waals surface area contributed by atoms with Crippen LogP contribution in [0, 0.1) is 5.92 Å². The second-order valence-electron chi connectivity index (χ2n) is 7.03. The molecule has 7 nitrogen and oxygen atoms in total. The molecule has 3 rings (SSSR count). The Morgan fingerprint density at radius 2 is 1.83 bits per heavy atom. The van der Waals surface area contributed by atoms with Crippen LogP contribution in [0.5, 0.6) is 5.75 Å². The highest BCUT2D eigenvalue weighted by Gasteiger charge is 2.34. The maximum atomic E-state index is 12.3. The van der Waals surface area contributed by atoms with Crippen molar-refractivity contribution in [3.63, 3.8) is 0 Å². The SMILES string of the molecule is CCCNC(=O)[C@@H]1CC(=O)N(c2ccc(OCC(=O)Nc3ccc(Cl)cc3)cc2)C1. The number of ether oxygens (including phenoxy) is 1. The molecule has 0 aromatic heterocycles. The third-order valence-corrected chi connectivity index (χ3v) is 4.94. The van der Waals surface area contributed by atoms with Crippen LogP contribution in [-0.2, 0) is 14.4 Å². The van der Waals surface area contributed by atoms with Crippen molar-refractivity contribution in [2.45, 2.75) is 19.8 Å². The van der Waals surface area contributed by atoms with E-state index in [0.717, 1.165) is 6.42 Å². The number of halogens is 1. The molecule has 3 amide bonds. The van der Waals surface area contributed by atoms with E-state index in [9.17, 15) is 14.4 Å². The fourth-order valence-corrected chi connectivity index (χ4v) is 3.25. The maximum Gasteiger partial charge on any atom is 0.262 e. The number of carbonyl (C=O) groups excluding carboxylic acids is 3. The third kappa shape index (κ3) is 5.73. The van der Waals surface area contributed by atoms with Crippen molar-refractivity contribution in [2.75, 3.05) is 29.9 Å². The van der Waals surface area contributed by atoms with Crippen molar-refractivity contribution in [3.8, 4) is 5.75 Å². The van der Waals surface area contributed by atoms with E-state index in [-0.39, 0.29) is 36.7 Å². The molecular weight excluding hydrogens is 406 g/mol. The van der Waals surface area contributed by atoms with Gasteiger partial charge in [0.25, 0.3) is 5.91 Å². The molecule has 0 unspecified atom stereocenters. The molecular formula is C22H24ClN3O4. The summed E-state index contributed by atoms with van der Waals surface area (Å²) in [5, 5.41) is 6.15. The minimum absolute atomic E-state index is 0.0809. The average Bonchev–Trinajstić information content (AvgIpc) is 3.14. The van der Waals surface area contributed by atoms with Crippen LogP contribution in [0.4, 0.5) is 11.4 Å². The molecule has 1 heterocycles. The highest BCUT2D eigenvalue weighted by atomic mass is 35.5. The van der Waals surface area contributed by atoms with Crippen LogP contribution in [0.2, 0.25) is 5.02 Å². The predicted octanol–water partition coefficient (Wildman–Crippen LogP) is 3.24. The van der Waals surface area contributed by atoms with E-state index < -0.39 is 0 Å². The molecule has 1 atom stereocenters. The van der Waals surface area contributed by atoms with Crippen LogP contribution in [-0.4, -0.2) is 37.4 Å². The lowest BCUT2D eigenvalue weighted by atomic mass is 10.1. The van der Waals surface area contributed by atoms with Crippen molar-refractivity contribution in [2.24, 2.45) is 5.92 Å². The number of nitrogens with one attached hydrogen (secondary N) is 2. The van der Waals surface area contributed by atoms with Crippen LogP contribution in [0.25, 0.3) is 0 Å². The second kappa shape index (κ2) is 10.1. The maximum absolute atomic E-state index is 12.3. The van der Waals surface area contributed by atoms with Crippen molar-refractivity contribution >= 4 is 40.7 Å². The molecule has 1 saturated heterocycles. The van der Waals surface area contributed by atoms with Crippen molar-refractivity contribution in [3.05, 3.63) is 53.6 Å². The van der Waals surface area contributed by atoms with Gasteiger partial charge in [0.2, 0.25) is 11.8 Å². The van der Waals surface area contributed by atoms with Gasteiger partial charge in [0.15, 0.2) is 6.61 Å². The monoisotopic (exact) mass is 429 g/mol. The van der Waals surface area contributed by atoms with Gasteiger partial charge in [0, 0.05) is 35.9 Å². The highest BCUT2D eigenvalue weighted by molar-refractivity contribution is 6.30. The highest BCUT2D eigenvalue weighted by Crippen LogP contribution is 2.27. The number of rotatable bonds is 8. The fraction of sp³-hybridized carbons (Fsp3) is 0.318. The number of anilines is 2. The summed E-state index contributed by atoms with van der Waals surface area (Å²) in [6.45, 7) is 2.81. The molecule has 1 aliphatic rings. The molecule has 2 N–H and O–H groups in total. The van der Waals surface area contributed by atoms with E-state index in [1.165, 1.54) is 0 Å². The molecule has 1 aliphatic heterocycles. The van der Waals surface area contributed by atoms with Gasteiger partial charge in [-0.05, 0) is 55.0 Å². The molecule has 8 heteroatoms. The summed E-state index contributed by atoms with van der Waals surface area (Å²) in [4.78, 5) is 38.0. The average molecular weight is 430 g/mol. The smallest absolute Gasteiger partial charge is 0.262 e. The standard InChI is InChI=1S/C22H24ClN3O4/c1-2-11-24-22(29)15-12-21(28)26(13-15)18-7-9-19(10-8-18)30-14-20(27)25-17-5-3-16(23)4-6-17/h3-10,15H,2,11-14H2,1H3,(H,24,29)(H,25,27)/t15-/m1/s1. The summed E-state index contributed by atoms with van der Waals surface area (Å²) < 4.78 is 5.51. The van der Waals surface area contributed by atoms with Crippen LogP contribution in [0.3, 0.4) is 0 Å². The van der Waals surface area contributed by atoms with Gasteiger partial charge in [0.05, 0.1) is 5.92 Å². The Morgan fingerprint density at radius 1 is 1.13 bits per heavy atom. The summed E-state index contributed by atoms with van der Waals surface area (Å²) in [6, 6.07) is 13.7. The third-order valence-electron chi connectivity index (χ3n) is 4.69. The summed E-state index contributed by atoms with van der Waals surface area (Å²) in [7, 11) is 0. The van der Waals surface area contributed by atoms with E-state index in [0.29, 0.717) is 35.2 Å². The van der Waals surface area contributed by atoms with Crippen LogP contribution in [0.15, 0.2) is 48.5 Å². The van der Waals surface area contributed by atoms with Crippen LogP contribution >= 0.6 is 11.6 Å². The molecule has 0 radical (unpaired) electrons. The van der Waals surface area contributed by atoms with Gasteiger partial charge in [-0.1, -0.05) is 18.5 Å². The van der Waals surface area contributed by atoms with E-state index in [2.05, 4.69) is 10.6 Å². The molecule has 0 bridgehead atoms. The fourth-order valence-electron chi connectivity index (χ4n) is 3.13. The van der Waals surface area contributed by atoms with Gasteiger partial charge in [-0.15, -0.1) is 0 Å². The Bertz CT molecular complexity index is 900. The quantitative estimate of drug-likeness (QED) is 0.674. The van der Waals surface area contributed by atoms with E-state index in [4.69, 9.17) is 16.3 Å². The number of amides is 3. The molecule has 2 aromatic rings. The molecule has 1 fully saturated rings. The first-order valence-electron chi connectivity index (χ1n) is 9.82. The summed E-state index contributed by atoms with van der Waals surface area (Å²) in [6.07, 6.45) is 1.06. The van der Waals surface area contributed by atoms with Crippen molar-refractivity contribution in [1.82, 2.24) is 5.32 Å². The molecule has 0 spiro atoms. The Labute approximate surface area is 180 Å². The summed E-state index contributed by atoms with van der Waals surface area (Å²) in [5.41, 5.74) is 1.33. The normalized spacial score (nSPS) is 15.7. The zero-order valence-electron chi connectivity index (χ0n) is 16.7. The second-order valence-corrected chi connectivity index (χ2v) is 7.47. The molecule has 158 valence electrons. The van der Waals surface area contributed by atoms with Gasteiger partial charge in [-0.3, -0.25) is 14.4 Å². The van der Waals surface area contributed by atoms with Crippen molar-refractivity contribution < 1.29 is 19.1 Å². The van der Waals surface area contributed by atoms with Gasteiger partial charge in [-0.2, -0.15) is 0 Å². The Morgan fingerprint density at radius 3 is 2.50 bits per heavy atom. The zero-order valence-corrected chi connectivity index (χ0v) is 17.4. The lowest BCUT2D eigenvalue weighted by Crippen LogP contribution is -2.33. The van der Waals surface area contributed by atoms with Crippen molar-refractivity contribution in [1.29, 1.82) is 0 Å². The lowest BCUT2D eigenvalue weighted by Gasteiger charge is -2.17. The Kier molecular flexibility index (Phi) is 7.30. The first-order valence-corrected chi connectivity index (χ1v) is 10.2. The van der Waals surface area contributed by atoms with E-state index in [1.807, 2.05) is 6.92 Å². The molecule has 0 aliphatic carbocycles. The minimum Gasteiger partial charge on any atom is -0.484 e. The number of hydrogen-bond acceptors (Lipinski definition) is 4. The first kappa shape index (κ1) is 21.6. The topological polar surface area (TPSA) is 87.7 Å². The zero-order chi connectivity index (χ0) is 21.5. The first-order chi connectivity index (χ1) is 14.5. The Balaban J connectivity index is 1.51. The van der Waals surface area contributed by atoms with Gasteiger partial charge >= 0.3 is 0 Å². The minimum atomic E-state index is -0.337. The summed E-state index contributed by atoms with van der Waals surface area (Å²) >= 11 is 5.82. The molecule has 30 heavy (non-hydrogen) atoms. The van der Waals surface area contributed by atoms with Gasteiger partial charge in [-0.25, -0.2) is 0 Å². The van der Waals surface area contributed by atoms with E-state index in [1.54, 1.807) is 53.4 Å². The predicted molar refractivity (Wildman–Crippen MR) is 116 cm³/mol. The van der Waals surface area contributed by atoms with Gasteiger partial charge < -0.3 is 20.3 Å². The number of benzene rings is 2. The van der Waals surface area contributed by atoms with Crippen LogP contribution in [0.1, 0.15) is 19.8 Å². The summed E-state index contributed by atoms with van der Waals surface area (Å²) in [5.74, 6) is -0.288. The molecule has 2 aromatic carbocycles. The van der Waals surface area contributed by atoms with Crippen LogP contribution < -0.4 is 20.3 Å². The number of carbonyl (C=O) groups is 3. The lowest BCUT2D eigenvalue weighted by molar-refractivity contribution is -0.126. The Hall–Kier alpha value is -3.06. The number of nitrogens with zero attached hydrogens (tertiary/aromatic N) is 1. The largest absolute Gasteiger partial charge is 0.484 e. The number of hydrogen-bond donors (Lipinski definition) is 2. The van der Waals surface area contributed by atoms with Gasteiger partial charge in [0.1, 0.15) is 5.75 Å². The molecule has 0 saturated carbocycles. The van der Waals surface area contributed by atoms with E-state index >= 15 is 0 Å².